The molecule has 0 aliphatic heterocycles. The van der Waals surface area contributed by atoms with Crippen molar-refractivity contribution in [3.05, 3.63) is 100 Å². The Morgan fingerprint density at radius 1 is 0.880 bits per heavy atom. The van der Waals surface area contributed by atoms with E-state index < -0.39 is 0 Å². The number of nitriles is 2. The zero-order valence-electron chi connectivity index (χ0n) is 13.5. The van der Waals surface area contributed by atoms with E-state index >= 15 is 0 Å². The summed E-state index contributed by atoms with van der Waals surface area (Å²) in [6, 6.07) is 19.3. The van der Waals surface area contributed by atoms with Gasteiger partial charge in [0.25, 0.3) is 0 Å². The van der Waals surface area contributed by atoms with Crippen LogP contribution in [0.5, 0.6) is 0 Å². The van der Waals surface area contributed by atoms with Crippen LogP contribution in [0.1, 0.15) is 29.0 Å². The molecule has 0 spiro atoms. The minimum absolute atomic E-state index is 0.0931. The van der Waals surface area contributed by atoms with Crippen molar-refractivity contribution in [3.8, 4) is 12.1 Å². The second-order valence-corrected chi connectivity index (χ2v) is 6.19. The summed E-state index contributed by atoms with van der Waals surface area (Å²) >= 11 is 5.96. The standard InChI is InChI=1S/C22H15ClN2/c23-21-12-10-19(11-13-21)22(20(14-24)15-25)18-8-6-17(7-9-18)16-4-2-1-3-5-16/h1-4,6-13,16H,5H2. The number of hydrogen-bond acceptors (Lipinski definition) is 2. The van der Waals surface area contributed by atoms with Crippen molar-refractivity contribution in [1.29, 1.82) is 10.5 Å². The minimum Gasteiger partial charge on any atom is -0.192 e. The van der Waals surface area contributed by atoms with Crippen LogP contribution in [0.15, 0.2) is 78.4 Å². The Morgan fingerprint density at radius 2 is 1.48 bits per heavy atom. The van der Waals surface area contributed by atoms with Gasteiger partial charge >= 0.3 is 0 Å². The molecule has 0 saturated heterocycles. The van der Waals surface area contributed by atoms with Gasteiger partial charge in [0.15, 0.2) is 0 Å². The van der Waals surface area contributed by atoms with E-state index in [2.05, 4.69) is 36.4 Å². The Bertz CT molecular complexity index is 918. The van der Waals surface area contributed by atoms with Gasteiger partial charge in [0, 0.05) is 16.5 Å². The third-order valence-corrected chi connectivity index (χ3v) is 4.47. The van der Waals surface area contributed by atoms with Crippen LogP contribution in [0.3, 0.4) is 0 Å². The largest absolute Gasteiger partial charge is 0.192 e. The Kier molecular flexibility index (Phi) is 5.14. The zero-order chi connectivity index (χ0) is 17.6. The molecular weight excluding hydrogens is 328 g/mol. The highest BCUT2D eigenvalue weighted by molar-refractivity contribution is 6.30. The molecule has 1 unspecified atom stereocenters. The fourth-order valence-corrected chi connectivity index (χ4v) is 3.06. The molecule has 0 radical (unpaired) electrons. The van der Waals surface area contributed by atoms with E-state index in [1.807, 2.05) is 36.4 Å². The molecule has 3 rings (SSSR count). The third-order valence-electron chi connectivity index (χ3n) is 4.21. The molecule has 2 aromatic carbocycles. The summed E-state index contributed by atoms with van der Waals surface area (Å²) in [4.78, 5) is 0. The molecular formula is C22H15ClN2. The fourth-order valence-electron chi connectivity index (χ4n) is 2.93. The first-order chi connectivity index (χ1) is 12.2. The SMILES string of the molecule is N#CC(C#N)=C(c1ccc(Cl)cc1)c1ccc(C2C=CC=CC2)cc1. The molecule has 2 nitrogen and oxygen atoms in total. The van der Waals surface area contributed by atoms with Gasteiger partial charge in [-0.25, -0.2) is 0 Å². The van der Waals surface area contributed by atoms with Gasteiger partial charge in [-0.1, -0.05) is 72.3 Å². The molecule has 0 saturated carbocycles. The van der Waals surface area contributed by atoms with Gasteiger partial charge in [-0.2, -0.15) is 10.5 Å². The first kappa shape index (κ1) is 16.8. The summed E-state index contributed by atoms with van der Waals surface area (Å²) in [5.41, 5.74) is 3.59. The quantitative estimate of drug-likeness (QED) is 0.663. The van der Waals surface area contributed by atoms with Gasteiger partial charge in [0.05, 0.1) is 0 Å². The number of nitrogens with zero attached hydrogens (tertiary/aromatic N) is 2. The lowest BCUT2D eigenvalue weighted by molar-refractivity contribution is 0.853. The lowest BCUT2D eigenvalue weighted by atomic mass is 9.89. The minimum atomic E-state index is 0.0931. The molecule has 3 heteroatoms. The predicted molar refractivity (Wildman–Crippen MR) is 101 cm³/mol. The maximum absolute atomic E-state index is 9.36. The van der Waals surface area contributed by atoms with E-state index in [1.54, 1.807) is 12.1 Å². The zero-order valence-corrected chi connectivity index (χ0v) is 14.2. The van der Waals surface area contributed by atoms with Gasteiger partial charge < -0.3 is 0 Å². The van der Waals surface area contributed by atoms with Gasteiger partial charge in [-0.3, -0.25) is 0 Å². The highest BCUT2D eigenvalue weighted by Crippen LogP contribution is 2.30. The van der Waals surface area contributed by atoms with Crippen molar-refractivity contribution in [2.75, 3.05) is 0 Å². The summed E-state index contributed by atoms with van der Waals surface area (Å²) in [5.74, 6) is 0.369. The van der Waals surface area contributed by atoms with Crippen molar-refractivity contribution in [3.63, 3.8) is 0 Å². The van der Waals surface area contributed by atoms with Crippen molar-refractivity contribution in [2.24, 2.45) is 0 Å². The lowest BCUT2D eigenvalue weighted by Crippen LogP contribution is -1.98. The van der Waals surface area contributed by atoms with E-state index in [9.17, 15) is 10.5 Å². The van der Waals surface area contributed by atoms with Crippen LogP contribution in [0.2, 0.25) is 5.02 Å². The number of benzene rings is 2. The van der Waals surface area contributed by atoms with Crippen LogP contribution in [0.25, 0.3) is 5.57 Å². The maximum Gasteiger partial charge on any atom is 0.138 e. The van der Waals surface area contributed by atoms with Crippen LogP contribution in [-0.4, -0.2) is 0 Å². The lowest BCUT2D eigenvalue weighted by Gasteiger charge is -2.15. The molecule has 0 N–H and O–H groups in total. The van der Waals surface area contributed by atoms with E-state index in [0.29, 0.717) is 16.5 Å². The highest BCUT2D eigenvalue weighted by Gasteiger charge is 2.14. The average molecular weight is 343 g/mol. The molecule has 0 bridgehead atoms. The molecule has 0 aromatic heterocycles. The van der Waals surface area contributed by atoms with Crippen molar-refractivity contribution >= 4 is 17.2 Å². The van der Waals surface area contributed by atoms with Crippen molar-refractivity contribution in [1.82, 2.24) is 0 Å². The fraction of sp³-hybridized carbons (Fsp3) is 0.0909. The van der Waals surface area contributed by atoms with E-state index in [1.165, 1.54) is 5.56 Å². The van der Waals surface area contributed by atoms with Gasteiger partial charge in [-0.05, 0) is 35.2 Å². The summed E-state index contributed by atoms with van der Waals surface area (Å²) in [6.45, 7) is 0. The molecule has 0 fully saturated rings. The number of halogens is 1. The topological polar surface area (TPSA) is 47.6 Å². The van der Waals surface area contributed by atoms with Gasteiger partial charge in [0.2, 0.25) is 0 Å². The van der Waals surface area contributed by atoms with Crippen LogP contribution in [-0.2, 0) is 0 Å². The Morgan fingerprint density at radius 3 is 2.00 bits per heavy atom. The first-order valence-corrected chi connectivity index (χ1v) is 8.35. The Labute approximate surface area is 152 Å². The number of hydrogen-bond donors (Lipinski definition) is 0. The van der Waals surface area contributed by atoms with Gasteiger partial charge in [-0.15, -0.1) is 0 Å². The smallest absolute Gasteiger partial charge is 0.138 e. The molecule has 25 heavy (non-hydrogen) atoms. The maximum atomic E-state index is 9.36. The van der Waals surface area contributed by atoms with E-state index in [0.717, 1.165) is 17.5 Å². The normalized spacial score (nSPS) is 15.2. The molecule has 1 aliphatic rings. The van der Waals surface area contributed by atoms with E-state index in [-0.39, 0.29) is 5.57 Å². The predicted octanol–water partition coefficient (Wildman–Crippen LogP) is 5.79. The summed E-state index contributed by atoms with van der Waals surface area (Å²) < 4.78 is 0. The summed E-state index contributed by atoms with van der Waals surface area (Å²) in [7, 11) is 0. The monoisotopic (exact) mass is 342 g/mol. The molecule has 2 aromatic rings. The van der Waals surface area contributed by atoms with Crippen LogP contribution >= 0.6 is 11.6 Å². The first-order valence-electron chi connectivity index (χ1n) is 7.97. The van der Waals surface area contributed by atoms with E-state index in [4.69, 9.17) is 11.6 Å². The Hall–Kier alpha value is -3.07. The third kappa shape index (κ3) is 3.72. The average Bonchev–Trinajstić information content (AvgIpc) is 2.68. The van der Waals surface area contributed by atoms with Gasteiger partial charge in [0.1, 0.15) is 17.7 Å². The molecule has 0 amide bonds. The number of rotatable bonds is 3. The molecule has 120 valence electrons. The number of allylic oxidation sites excluding steroid dienone is 5. The second-order valence-electron chi connectivity index (χ2n) is 5.76. The van der Waals surface area contributed by atoms with Crippen molar-refractivity contribution < 1.29 is 0 Å². The molecule has 1 atom stereocenters. The Balaban J connectivity index is 2.03. The van der Waals surface area contributed by atoms with Crippen LogP contribution in [0.4, 0.5) is 0 Å². The molecule has 0 heterocycles. The highest BCUT2D eigenvalue weighted by atomic mass is 35.5. The summed E-state index contributed by atoms with van der Waals surface area (Å²) in [5, 5.41) is 19.3. The van der Waals surface area contributed by atoms with Crippen molar-refractivity contribution in [2.45, 2.75) is 12.3 Å². The van der Waals surface area contributed by atoms with Crippen LogP contribution < -0.4 is 0 Å². The molecule has 1 aliphatic carbocycles. The second kappa shape index (κ2) is 7.67. The van der Waals surface area contributed by atoms with Crippen LogP contribution in [0, 0.1) is 22.7 Å². The summed E-state index contributed by atoms with van der Waals surface area (Å²) in [6.07, 6.45) is 9.43.